The van der Waals surface area contributed by atoms with Gasteiger partial charge in [-0.1, -0.05) is 32.9 Å². The maximum absolute atomic E-state index is 13.4. The molecule has 1 saturated carbocycles. The van der Waals surface area contributed by atoms with Gasteiger partial charge >= 0.3 is 0 Å². The lowest BCUT2D eigenvalue weighted by Crippen LogP contribution is -2.50. The lowest BCUT2D eigenvalue weighted by Gasteiger charge is -2.37. The third kappa shape index (κ3) is 4.47. The fraction of sp³-hybridized carbons (Fsp3) is 0.542. The third-order valence-electron chi connectivity index (χ3n) is 6.04. The van der Waals surface area contributed by atoms with E-state index in [-0.39, 0.29) is 17.6 Å². The molecule has 6 heteroatoms. The van der Waals surface area contributed by atoms with Gasteiger partial charge < -0.3 is 9.80 Å². The Morgan fingerprint density at radius 3 is 2.33 bits per heavy atom. The number of aromatic nitrogens is 2. The highest BCUT2D eigenvalue weighted by atomic mass is 19.1. The number of anilines is 1. The van der Waals surface area contributed by atoms with Crippen LogP contribution in [0, 0.1) is 11.7 Å². The van der Waals surface area contributed by atoms with E-state index in [4.69, 9.17) is 9.97 Å². The molecule has 0 atom stereocenters. The van der Waals surface area contributed by atoms with Crippen molar-refractivity contribution < 1.29 is 9.18 Å². The molecule has 2 aromatic rings. The van der Waals surface area contributed by atoms with Crippen LogP contribution in [-0.4, -0.2) is 47.0 Å². The average Bonchev–Trinajstić information content (AvgIpc) is 3.60. The molecule has 0 bridgehead atoms. The van der Waals surface area contributed by atoms with E-state index in [1.54, 1.807) is 0 Å². The summed E-state index contributed by atoms with van der Waals surface area (Å²) in [6.45, 7) is 9.04. The van der Waals surface area contributed by atoms with Crippen molar-refractivity contribution in [2.45, 2.75) is 52.4 Å². The lowest BCUT2D eigenvalue weighted by atomic mass is 10.0. The van der Waals surface area contributed by atoms with Gasteiger partial charge in [0, 0.05) is 55.7 Å². The van der Waals surface area contributed by atoms with Crippen molar-refractivity contribution >= 4 is 11.7 Å². The Balaban J connectivity index is 1.64. The van der Waals surface area contributed by atoms with Crippen LogP contribution in [0.3, 0.4) is 0 Å². The molecule has 2 heterocycles. The first kappa shape index (κ1) is 20.8. The first-order valence-electron chi connectivity index (χ1n) is 11.1. The monoisotopic (exact) mass is 410 g/mol. The van der Waals surface area contributed by atoms with Crippen molar-refractivity contribution in [1.29, 1.82) is 0 Å². The van der Waals surface area contributed by atoms with Gasteiger partial charge in [-0.05, 0) is 37.0 Å². The van der Waals surface area contributed by atoms with Gasteiger partial charge in [0.25, 0.3) is 0 Å². The Labute approximate surface area is 178 Å². The zero-order valence-electron chi connectivity index (χ0n) is 18.2. The maximum atomic E-state index is 13.4. The molecule has 2 fully saturated rings. The third-order valence-corrected chi connectivity index (χ3v) is 6.04. The van der Waals surface area contributed by atoms with E-state index in [9.17, 15) is 9.18 Å². The fourth-order valence-corrected chi connectivity index (χ4v) is 4.11. The zero-order valence-corrected chi connectivity index (χ0v) is 18.2. The number of halogens is 1. The summed E-state index contributed by atoms with van der Waals surface area (Å²) < 4.78 is 13.4. The SMILES string of the molecule is CCc1nc(C2CC2)nc(N2CCN(C(=O)C(C)C)CC2)c1Cc1ccc(F)cc1. The van der Waals surface area contributed by atoms with Gasteiger partial charge in [-0.25, -0.2) is 14.4 Å². The smallest absolute Gasteiger partial charge is 0.225 e. The molecule has 0 N–H and O–H groups in total. The quantitative estimate of drug-likeness (QED) is 0.724. The van der Waals surface area contributed by atoms with Crippen LogP contribution in [-0.2, 0) is 17.6 Å². The summed E-state index contributed by atoms with van der Waals surface area (Å²) in [6.07, 6.45) is 3.86. The molecule has 30 heavy (non-hydrogen) atoms. The molecule has 0 spiro atoms. The molecule has 0 radical (unpaired) electrons. The molecule has 4 rings (SSSR count). The molecule has 1 aromatic carbocycles. The minimum atomic E-state index is -0.221. The van der Waals surface area contributed by atoms with Crippen LogP contribution >= 0.6 is 0 Å². The van der Waals surface area contributed by atoms with Crippen molar-refractivity contribution in [3.63, 3.8) is 0 Å². The number of carbonyl (C=O) groups excluding carboxylic acids is 1. The van der Waals surface area contributed by atoms with Gasteiger partial charge in [-0.15, -0.1) is 0 Å². The van der Waals surface area contributed by atoms with Gasteiger partial charge in [-0.3, -0.25) is 4.79 Å². The Morgan fingerprint density at radius 2 is 1.77 bits per heavy atom. The second kappa shape index (κ2) is 8.70. The van der Waals surface area contributed by atoms with Crippen molar-refractivity contribution in [2.75, 3.05) is 31.1 Å². The summed E-state index contributed by atoms with van der Waals surface area (Å²) in [5, 5.41) is 0. The second-order valence-corrected chi connectivity index (χ2v) is 8.73. The van der Waals surface area contributed by atoms with Crippen molar-refractivity contribution in [1.82, 2.24) is 14.9 Å². The summed E-state index contributed by atoms with van der Waals surface area (Å²) >= 11 is 0. The predicted molar refractivity (Wildman–Crippen MR) is 116 cm³/mol. The summed E-state index contributed by atoms with van der Waals surface area (Å²) in [5.74, 6) is 2.48. The van der Waals surface area contributed by atoms with Crippen LogP contribution in [0.15, 0.2) is 24.3 Å². The van der Waals surface area contributed by atoms with E-state index < -0.39 is 0 Å². The molecule has 2 aliphatic rings. The summed E-state index contributed by atoms with van der Waals surface area (Å²) in [4.78, 5) is 26.6. The van der Waals surface area contributed by atoms with Gasteiger partial charge in [0.15, 0.2) is 0 Å². The van der Waals surface area contributed by atoms with Gasteiger partial charge in [-0.2, -0.15) is 0 Å². The number of hydrogen-bond acceptors (Lipinski definition) is 4. The molecule has 1 saturated heterocycles. The number of aryl methyl sites for hydroxylation is 1. The maximum Gasteiger partial charge on any atom is 0.225 e. The van der Waals surface area contributed by atoms with Crippen molar-refractivity contribution in [3.05, 3.63) is 52.7 Å². The second-order valence-electron chi connectivity index (χ2n) is 8.73. The molecule has 1 aliphatic heterocycles. The van der Waals surface area contributed by atoms with Gasteiger partial charge in [0.2, 0.25) is 5.91 Å². The van der Waals surface area contributed by atoms with E-state index >= 15 is 0 Å². The van der Waals surface area contributed by atoms with Gasteiger partial charge in [0.1, 0.15) is 17.5 Å². The topological polar surface area (TPSA) is 49.3 Å². The minimum absolute atomic E-state index is 0.0257. The summed E-state index contributed by atoms with van der Waals surface area (Å²) in [6, 6.07) is 6.70. The molecular formula is C24H31FN4O. The van der Waals surface area contributed by atoms with E-state index in [2.05, 4.69) is 11.8 Å². The van der Waals surface area contributed by atoms with E-state index in [1.165, 1.54) is 12.1 Å². The van der Waals surface area contributed by atoms with Crippen molar-refractivity contribution in [2.24, 2.45) is 5.92 Å². The Morgan fingerprint density at radius 1 is 1.10 bits per heavy atom. The number of nitrogens with zero attached hydrogens (tertiary/aromatic N) is 4. The number of piperazine rings is 1. The Hall–Kier alpha value is -2.50. The molecule has 0 unspecified atom stereocenters. The lowest BCUT2D eigenvalue weighted by molar-refractivity contribution is -0.134. The summed E-state index contributed by atoms with van der Waals surface area (Å²) in [7, 11) is 0. The largest absolute Gasteiger partial charge is 0.353 e. The highest BCUT2D eigenvalue weighted by Gasteiger charge is 2.31. The first-order valence-corrected chi connectivity index (χ1v) is 11.1. The normalized spacial score (nSPS) is 17.0. The van der Waals surface area contributed by atoms with Crippen LogP contribution in [0.5, 0.6) is 0 Å². The van der Waals surface area contributed by atoms with E-state index in [1.807, 2.05) is 30.9 Å². The fourth-order valence-electron chi connectivity index (χ4n) is 4.11. The van der Waals surface area contributed by atoms with Crippen LogP contribution in [0.25, 0.3) is 0 Å². The molecule has 1 amide bonds. The van der Waals surface area contributed by atoms with E-state index in [0.717, 1.165) is 73.9 Å². The van der Waals surface area contributed by atoms with Crippen LogP contribution in [0.1, 0.15) is 62.2 Å². The number of amides is 1. The molecule has 5 nitrogen and oxygen atoms in total. The predicted octanol–water partition coefficient (Wildman–Crippen LogP) is 3.95. The van der Waals surface area contributed by atoms with E-state index in [0.29, 0.717) is 12.3 Å². The molecule has 1 aliphatic carbocycles. The molecule has 160 valence electrons. The highest BCUT2D eigenvalue weighted by molar-refractivity contribution is 5.78. The number of rotatable bonds is 6. The van der Waals surface area contributed by atoms with Crippen LogP contribution in [0.2, 0.25) is 0 Å². The average molecular weight is 411 g/mol. The molecular weight excluding hydrogens is 379 g/mol. The van der Waals surface area contributed by atoms with Crippen molar-refractivity contribution in [3.8, 4) is 0 Å². The zero-order chi connectivity index (χ0) is 21.3. The molecule has 1 aromatic heterocycles. The minimum Gasteiger partial charge on any atom is -0.353 e. The number of hydrogen-bond donors (Lipinski definition) is 0. The standard InChI is InChI=1S/C24H31FN4O/c1-4-21-20(15-17-5-9-19(25)10-6-17)23(27-22(26-21)18-7-8-18)28-11-13-29(14-12-28)24(30)16(2)3/h5-6,9-10,16,18H,4,7-8,11-15H2,1-3H3. The Bertz CT molecular complexity index is 900. The number of carbonyl (C=O) groups is 1. The highest BCUT2D eigenvalue weighted by Crippen LogP contribution is 2.40. The summed E-state index contributed by atoms with van der Waals surface area (Å²) in [5.41, 5.74) is 3.28. The van der Waals surface area contributed by atoms with Crippen LogP contribution in [0.4, 0.5) is 10.2 Å². The number of benzene rings is 1. The van der Waals surface area contributed by atoms with Gasteiger partial charge in [0.05, 0.1) is 0 Å². The first-order chi connectivity index (χ1) is 14.5. The Kier molecular flexibility index (Phi) is 6.02. The van der Waals surface area contributed by atoms with Crippen LogP contribution < -0.4 is 4.90 Å².